The van der Waals surface area contributed by atoms with E-state index < -0.39 is 0 Å². The van der Waals surface area contributed by atoms with Gasteiger partial charge in [0.1, 0.15) is 5.82 Å². The maximum absolute atomic E-state index is 12.5. The Morgan fingerprint density at radius 1 is 1.29 bits per heavy atom. The van der Waals surface area contributed by atoms with Gasteiger partial charge in [-0.3, -0.25) is 4.79 Å². The number of anilines is 1. The summed E-state index contributed by atoms with van der Waals surface area (Å²) in [6, 6.07) is 4.14. The van der Waals surface area contributed by atoms with Crippen molar-refractivity contribution in [2.24, 2.45) is 11.7 Å². The highest BCUT2D eigenvalue weighted by molar-refractivity contribution is 5.80. The summed E-state index contributed by atoms with van der Waals surface area (Å²) >= 11 is 0. The molecule has 5 heteroatoms. The first-order valence-electron chi connectivity index (χ1n) is 9.33. The van der Waals surface area contributed by atoms with Crippen LogP contribution in [0.3, 0.4) is 0 Å². The number of carbonyl (C=O) groups excluding carboxylic acids is 1. The van der Waals surface area contributed by atoms with Crippen molar-refractivity contribution in [2.45, 2.75) is 64.0 Å². The van der Waals surface area contributed by atoms with Gasteiger partial charge in [-0.25, -0.2) is 4.98 Å². The van der Waals surface area contributed by atoms with Gasteiger partial charge in [-0.05, 0) is 50.7 Å². The molecular weight excluding hydrogens is 300 g/mol. The minimum atomic E-state index is -0.376. The van der Waals surface area contributed by atoms with E-state index in [0.717, 1.165) is 50.2 Å². The fourth-order valence-electron chi connectivity index (χ4n) is 3.93. The quantitative estimate of drug-likeness (QED) is 0.890. The second-order valence-corrected chi connectivity index (χ2v) is 7.59. The van der Waals surface area contributed by atoms with E-state index in [1.54, 1.807) is 0 Å². The summed E-state index contributed by atoms with van der Waals surface area (Å²) in [6.45, 7) is 4.73. The molecule has 2 fully saturated rings. The van der Waals surface area contributed by atoms with Gasteiger partial charge in [0.05, 0.1) is 5.92 Å². The number of pyridine rings is 1. The van der Waals surface area contributed by atoms with Crippen molar-refractivity contribution in [1.29, 1.82) is 0 Å². The van der Waals surface area contributed by atoms with Crippen LogP contribution in [0.2, 0.25) is 0 Å². The van der Waals surface area contributed by atoms with E-state index >= 15 is 0 Å². The molecule has 1 saturated heterocycles. The van der Waals surface area contributed by atoms with Gasteiger partial charge in [-0.15, -0.1) is 0 Å². The third-order valence-corrected chi connectivity index (χ3v) is 5.53. The number of piperidine rings is 1. The SMILES string of the molecule is CC1(N)CCCCC1C(=O)NCc1ccc(N2CCCCC2)nc1. The molecule has 2 heterocycles. The number of nitrogens with zero attached hydrogens (tertiary/aromatic N) is 2. The average molecular weight is 330 g/mol. The lowest BCUT2D eigenvalue weighted by Crippen LogP contribution is -2.52. The maximum atomic E-state index is 12.5. The van der Waals surface area contributed by atoms with E-state index in [4.69, 9.17) is 5.73 Å². The van der Waals surface area contributed by atoms with Gasteiger partial charge >= 0.3 is 0 Å². The molecule has 1 aliphatic carbocycles. The van der Waals surface area contributed by atoms with E-state index in [1.807, 2.05) is 13.1 Å². The molecule has 0 radical (unpaired) electrons. The summed E-state index contributed by atoms with van der Waals surface area (Å²) < 4.78 is 0. The lowest BCUT2D eigenvalue weighted by atomic mass is 9.74. The minimum Gasteiger partial charge on any atom is -0.357 e. The third-order valence-electron chi connectivity index (χ3n) is 5.53. The Labute approximate surface area is 145 Å². The summed E-state index contributed by atoms with van der Waals surface area (Å²) in [5, 5.41) is 3.05. The van der Waals surface area contributed by atoms with Crippen LogP contribution in [0.15, 0.2) is 18.3 Å². The van der Waals surface area contributed by atoms with Crippen LogP contribution in [-0.4, -0.2) is 29.5 Å². The molecule has 1 amide bonds. The van der Waals surface area contributed by atoms with Crippen molar-refractivity contribution >= 4 is 11.7 Å². The number of carbonyl (C=O) groups is 1. The number of hydrogen-bond acceptors (Lipinski definition) is 4. The Bertz CT molecular complexity index is 549. The molecule has 2 atom stereocenters. The number of nitrogens with two attached hydrogens (primary N) is 1. The van der Waals surface area contributed by atoms with Crippen LogP contribution in [0.5, 0.6) is 0 Å². The third kappa shape index (κ3) is 4.07. The smallest absolute Gasteiger partial charge is 0.225 e. The van der Waals surface area contributed by atoms with Crippen LogP contribution in [0.4, 0.5) is 5.82 Å². The van der Waals surface area contributed by atoms with Crippen LogP contribution in [0.1, 0.15) is 57.4 Å². The van der Waals surface area contributed by atoms with E-state index in [0.29, 0.717) is 6.54 Å². The molecule has 2 unspecified atom stereocenters. The molecule has 1 aliphatic heterocycles. The summed E-state index contributed by atoms with van der Waals surface area (Å²) in [7, 11) is 0. The lowest BCUT2D eigenvalue weighted by Gasteiger charge is -2.37. The van der Waals surface area contributed by atoms with Crippen molar-refractivity contribution < 1.29 is 4.79 Å². The Balaban J connectivity index is 1.53. The van der Waals surface area contributed by atoms with Crippen LogP contribution in [0, 0.1) is 5.92 Å². The van der Waals surface area contributed by atoms with Crippen molar-refractivity contribution in [3.05, 3.63) is 23.9 Å². The van der Waals surface area contributed by atoms with E-state index in [-0.39, 0.29) is 17.4 Å². The molecule has 1 aromatic rings. The molecule has 1 aromatic heterocycles. The standard InChI is InChI=1S/C19H30N4O/c1-19(20)10-4-3-7-16(19)18(24)22-14-15-8-9-17(21-13-15)23-11-5-2-6-12-23/h8-9,13,16H,2-7,10-12,14,20H2,1H3,(H,22,24). The molecule has 2 aliphatic rings. The molecule has 1 saturated carbocycles. The van der Waals surface area contributed by atoms with Crippen molar-refractivity contribution in [3.63, 3.8) is 0 Å². The number of aromatic nitrogens is 1. The first-order valence-corrected chi connectivity index (χ1v) is 9.33. The van der Waals surface area contributed by atoms with Gasteiger partial charge in [-0.1, -0.05) is 18.9 Å². The van der Waals surface area contributed by atoms with Gasteiger partial charge in [0.15, 0.2) is 0 Å². The van der Waals surface area contributed by atoms with E-state index in [2.05, 4.69) is 27.3 Å². The maximum Gasteiger partial charge on any atom is 0.225 e. The van der Waals surface area contributed by atoms with Gasteiger partial charge < -0.3 is 16.0 Å². The predicted octanol–water partition coefficient (Wildman–Crippen LogP) is 2.60. The molecule has 132 valence electrons. The number of rotatable bonds is 4. The highest BCUT2D eigenvalue weighted by Gasteiger charge is 2.37. The Morgan fingerprint density at radius 2 is 2.08 bits per heavy atom. The van der Waals surface area contributed by atoms with Crippen LogP contribution in [0.25, 0.3) is 0 Å². The highest BCUT2D eigenvalue weighted by Crippen LogP contribution is 2.31. The molecular formula is C19H30N4O. The first-order chi connectivity index (χ1) is 11.6. The lowest BCUT2D eigenvalue weighted by molar-refractivity contribution is -0.128. The molecule has 3 rings (SSSR count). The molecule has 3 N–H and O–H groups in total. The van der Waals surface area contributed by atoms with Crippen molar-refractivity contribution in [2.75, 3.05) is 18.0 Å². The number of amides is 1. The first kappa shape index (κ1) is 17.2. The van der Waals surface area contributed by atoms with Crippen LogP contribution in [-0.2, 0) is 11.3 Å². The molecule has 0 bridgehead atoms. The second-order valence-electron chi connectivity index (χ2n) is 7.59. The number of hydrogen-bond donors (Lipinski definition) is 2. The average Bonchev–Trinajstić information content (AvgIpc) is 2.60. The molecule has 5 nitrogen and oxygen atoms in total. The summed E-state index contributed by atoms with van der Waals surface area (Å²) in [5.74, 6) is 1.05. The summed E-state index contributed by atoms with van der Waals surface area (Å²) in [4.78, 5) is 19.4. The minimum absolute atomic E-state index is 0.0770. The van der Waals surface area contributed by atoms with Crippen molar-refractivity contribution in [3.8, 4) is 0 Å². The fourth-order valence-corrected chi connectivity index (χ4v) is 3.93. The Hall–Kier alpha value is -1.62. The second kappa shape index (κ2) is 7.51. The molecule has 0 aromatic carbocycles. The topological polar surface area (TPSA) is 71.2 Å². The largest absolute Gasteiger partial charge is 0.357 e. The molecule has 24 heavy (non-hydrogen) atoms. The predicted molar refractivity (Wildman–Crippen MR) is 96.7 cm³/mol. The zero-order chi connectivity index (χ0) is 17.0. The number of nitrogens with one attached hydrogen (secondary N) is 1. The fraction of sp³-hybridized carbons (Fsp3) is 0.684. The summed E-state index contributed by atoms with van der Waals surface area (Å²) in [5.41, 5.74) is 6.98. The zero-order valence-corrected chi connectivity index (χ0v) is 14.8. The van der Waals surface area contributed by atoms with Crippen LogP contribution >= 0.6 is 0 Å². The zero-order valence-electron chi connectivity index (χ0n) is 14.8. The summed E-state index contributed by atoms with van der Waals surface area (Å²) in [6.07, 6.45) is 9.74. The highest BCUT2D eigenvalue weighted by atomic mass is 16.1. The van der Waals surface area contributed by atoms with Crippen molar-refractivity contribution in [1.82, 2.24) is 10.3 Å². The van der Waals surface area contributed by atoms with E-state index in [9.17, 15) is 4.79 Å². The van der Waals surface area contributed by atoms with E-state index in [1.165, 1.54) is 19.3 Å². The van der Waals surface area contributed by atoms with Gasteiger partial charge in [0.2, 0.25) is 5.91 Å². The Morgan fingerprint density at radius 3 is 2.75 bits per heavy atom. The van der Waals surface area contributed by atoms with Gasteiger partial charge in [0, 0.05) is 31.4 Å². The van der Waals surface area contributed by atoms with Gasteiger partial charge in [0.25, 0.3) is 0 Å². The molecule has 0 spiro atoms. The van der Waals surface area contributed by atoms with Crippen LogP contribution < -0.4 is 16.0 Å². The van der Waals surface area contributed by atoms with Gasteiger partial charge in [-0.2, -0.15) is 0 Å². The Kier molecular flexibility index (Phi) is 5.39. The normalized spacial score (nSPS) is 27.8. The monoisotopic (exact) mass is 330 g/mol.